The molecule has 29 heavy (non-hydrogen) atoms. The molecule has 0 spiro atoms. The number of benzene rings is 3. The molecule has 4 rings (SSSR count). The fourth-order valence-electron chi connectivity index (χ4n) is 3.33. The smallest absolute Gasteiger partial charge is 0.263 e. The molecule has 6 heteroatoms. The van der Waals surface area contributed by atoms with Crippen LogP contribution in [0.1, 0.15) is 26.3 Å². The largest absolute Gasteiger partial charge is 0.292 e. The zero-order valence-corrected chi connectivity index (χ0v) is 17.6. The van der Waals surface area contributed by atoms with Gasteiger partial charge in [0.25, 0.3) is 11.8 Å². The van der Waals surface area contributed by atoms with Crippen LogP contribution in [0.2, 0.25) is 0 Å². The number of hydrogen-bond acceptors (Lipinski definition) is 3. The van der Waals surface area contributed by atoms with Gasteiger partial charge in [0.2, 0.25) is 5.91 Å². The van der Waals surface area contributed by atoms with Crippen molar-refractivity contribution in [1.29, 1.82) is 0 Å². The van der Waals surface area contributed by atoms with Crippen molar-refractivity contribution < 1.29 is 14.4 Å². The van der Waals surface area contributed by atoms with E-state index in [0.29, 0.717) is 16.8 Å². The summed E-state index contributed by atoms with van der Waals surface area (Å²) in [5, 5.41) is 0. The molecule has 3 amide bonds. The third-order valence-corrected chi connectivity index (χ3v) is 5.72. The predicted octanol–water partition coefficient (Wildman–Crippen LogP) is 4.12. The van der Waals surface area contributed by atoms with E-state index in [4.69, 9.17) is 0 Å². The van der Waals surface area contributed by atoms with E-state index in [-0.39, 0.29) is 30.8 Å². The summed E-state index contributed by atoms with van der Waals surface area (Å²) in [4.78, 5) is 41.5. The third kappa shape index (κ3) is 3.80. The van der Waals surface area contributed by atoms with Gasteiger partial charge in [-0.15, -0.1) is 0 Å². The highest BCUT2D eigenvalue weighted by Gasteiger charge is 2.37. The summed E-state index contributed by atoms with van der Waals surface area (Å²) >= 11 is 2.15. The average molecular weight is 496 g/mol. The summed E-state index contributed by atoms with van der Waals surface area (Å²) in [6, 6.07) is 23.6. The summed E-state index contributed by atoms with van der Waals surface area (Å²) in [6.07, 6.45) is 0.176. The van der Waals surface area contributed by atoms with Crippen LogP contribution in [0.25, 0.3) is 0 Å². The lowest BCUT2D eigenvalue weighted by molar-refractivity contribution is -0.118. The number of carbonyl (C=O) groups is 3. The van der Waals surface area contributed by atoms with Crippen molar-refractivity contribution in [3.8, 4) is 0 Å². The van der Waals surface area contributed by atoms with Gasteiger partial charge in [-0.2, -0.15) is 0 Å². The van der Waals surface area contributed by atoms with Crippen LogP contribution in [0.3, 0.4) is 0 Å². The van der Waals surface area contributed by atoms with E-state index in [9.17, 15) is 14.4 Å². The molecule has 0 aromatic heterocycles. The lowest BCUT2D eigenvalue weighted by atomic mass is 10.1. The first-order valence-electron chi connectivity index (χ1n) is 9.10. The molecular formula is C23H17IN2O3. The molecular weight excluding hydrogens is 479 g/mol. The van der Waals surface area contributed by atoms with Gasteiger partial charge in [0.15, 0.2) is 0 Å². The number of para-hydroxylation sites is 1. The SMILES string of the molecule is O=C1c2ccccc2C(=O)N1CN(C(=O)Cc1ccccc1)c1ccccc1I. The second-order valence-electron chi connectivity index (χ2n) is 6.66. The molecule has 144 valence electrons. The molecule has 3 aromatic carbocycles. The Balaban J connectivity index is 1.67. The van der Waals surface area contributed by atoms with Crippen LogP contribution in [0.4, 0.5) is 5.69 Å². The fourth-order valence-corrected chi connectivity index (χ4v) is 4.01. The van der Waals surface area contributed by atoms with Crippen molar-refractivity contribution in [3.05, 3.63) is 99.1 Å². The van der Waals surface area contributed by atoms with Crippen molar-refractivity contribution in [2.24, 2.45) is 0 Å². The fraction of sp³-hybridized carbons (Fsp3) is 0.0870. The minimum absolute atomic E-state index is 0.127. The van der Waals surface area contributed by atoms with Gasteiger partial charge in [-0.05, 0) is 52.4 Å². The van der Waals surface area contributed by atoms with Crippen LogP contribution in [-0.4, -0.2) is 29.3 Å². The van der Waals surface area contributed by atoms with Crippen LogP contribution in [0.5, 0.6) is 0 Å². The Labute approximate surface area is 182 Å². The van der Waals surface area contributed by atoms with Gasteiger partial charge < -0.3 is 0 Å². The highest BCUT2D eigenvalue weighted by molar-refractivity contribution is 14.1. The number of imide groups is 1. The number of hydrogen-bond donors (Lipinski definition) is 0. The molecule has 0 atom stereocenters. The molecule has 0 saturated carbocycles. The zero-order chi connectivity index (χ0) is 20.4. The maximum Gasteiger partial charge on any atom is 0.263 e. The molecule has 3 aromatic rings. The topological polar surface area (TPSA) is 57.7 Å². The first-order chi connectivity index (χ1) is 14.1. The molecule has 0 saturated heterocycles. The van der Waals surface area contributed by atoms with E-state index in [1.165, 1.54) is 4.90 Å². The minimum Gasteiger partial charge on any atom is -0.292 e. The molecule has 1 heterocycles. The van der Waals surface area contributed by atoms with Crippen molar-refractivity contribution in [3.63, 3.8) is 0 Å². The lowest BCUT2D eigenvalue weighted by Gasteiger charge is -2.28. The molecule has 1 aliphatic heterocycles. The van der Waals surface area contributed by atoms with Crippen LogP contribution in [-0.2, 0) is 11.2 Å². The second-order valence-corrected chi connectivity index (χ2v) is 7.82. The first-order valence-corrected chi connectivity index (χ1v) is 10.2. The van der Waals surface area contributed by atoms with Crippen molar-refractivity contribution >= 4 is 46.0 Å². The molecule has 5 nitrogen and oxygen atoms in total. The van der Waals surface area contributed by atoms with E-state index < -0.39 is 0 Å². The summed E-state index contributed by atoms with van der Waals surface area (Å²) < 4.78 is 0.864. The quantitative estimate of drug-likeness (QED) is 0.395. The normalized spacial score (nSPS) is 12.8. The Hall–Kier alpha value is -3.00. The summed E-state index contributed by atoms with van der Waals surface area (Å²) in [7, 11) is 0. The molecule has 0 unspecified atom stereocenters. The maximum atomic E-state index is 13.2. The Bertz CT molecular complexity index is 1060. The van der Waals surface area contributed by atoms with E-state index in [0.717, 1.165) is 14.0 Å². The Morgan fingerprint density at radius 3 is 1.97 bits per heavy atom. The van der Waals surface area contributed by atoms with Crippen LogP contribution in [0, 0.1) is 3.57 Å². The monoisotopic (exact) mass is 496 g/mol. The van der Waals surface area contributed by atoms with E-state index in [1.807, 2.05) is 54.6 Å². The lowest BCUT2D eigenvalue weighted by Crippen LogP contribution is -2.45. The number of carbonyl (C=O) groups excluding carboxylic acids is 3. The van der Waals surface area contributed by atoms with E-state index in [1.54, 1.807) is 24.3 Å². The van der Waals surface area contributed by atoms with Crippen molar-refractivity contribution in [1.82, 2.24) is 4.90 Å². The van der Waals surface area contributed by atoms with Crippen LogP contribution < -0.4 is 4.90 Å². The van der Waals surface area contributed by atoms with Gasteiger partial charge in [0.05, 0.1) is 23.2 Å². The van der Waals surface area contributed by atoms with Gasteiger partial charge in [-0.3, -0.25) is 24.2 Å². The molecule has 0 fully saturated rings. The van der Waals surface area contributed by atoms with Crippen molar-refractivity contribution in [2.45, 2.75) is 6.42 Å². The maximum absolute atomic E-state index is 13.2. The average Bonchev–Trinajstić information content (AvgIpc) is 2.98. The van der Waals surface area contributed by atoms with Gasteiger partial charge >= 0.3 is 0 Å². The number of halogens is 1. The van der Waals surface area contributed by atoms with Gasteiger partial charge in [0, 0.05) is 3.57 Å². The first kappa shape index (κ1) is 19.3. The number of fused-ring (bicyclic) bond motifs is 1. The summed E-state index contributed by atoms with van der Waals surface area (Å²) in [5.74, 6) is -0.944. The Morgan fingerprint density at radius 1 is 0.793 bits per heavy atom. The molecule has 0 aliphatic carbocycles. The van der Waals surface area contributed by atoms with E-state index in [2.05, 4.69) is 22.6 Å². The van der Waals surface area contributed by atoms with Gasteiger partial charge in [-0.1, -0.05) is 54.6 Å². The van der Waals surface area contributed by atoms with Crippen LogP contribution >= 0.6 is 22.6 Å². The second kappa shape index (κ2) is 8.16. The number of rotatable bonds is 5. The van der Waals surface area contributed by atoms with Gasteiger partial charge in [0.1, 0.15) is 6.67 Å². The van der Waals surface area contributed by atoms with E-state index >= 15 is 0 Å². The highest BCUT2D eigenvalue weighted by Crippen LogP contribution is 2.27. The van der Waals surface area contributed by atoms with Gasteiger partial charge in [-0.25, -0.2) is 0 Å². The predicted molar refractivity (Wildman–Crippen MR) is 119 cm³/mol. The summed E-state index contributed by atoms with van der Waals surface area (Å²) in [6.45, 7) is -0.127. The molecule has 1 aliphatic rings. The standard InChI is InChI=1S/C23H17IN2O3/c24-19-12-6-7-13-20(19)25(21(27)14-16-8-2-1-3-9-16)15-26-22(28)17-10-4-5-11-18(17)23(26)29/h1-13H,14-15H2. The van der Waals surface area contributed by atoms with Crippen LogP contribution in [0.15, 0.2) is 78.9 Å². The Kier molecular flexibility index (Phi) is 5.44. The minimum atomic E-state index is -0.381. The van der Waals surface area contributed by atoms with Crippen molar-refractivity contribution in [2.75, 3.05) is 11.6 Å². The third-order valence-electron chi connectivity index (χ3n) is 4.80. The number of amides is 3. The molecule has 0 radical (unpaired) electrons. The number of anilines is 1. The zero-order valence-electron chi connectivity index (χ0n) is 15.4. The number of nitrogens with zero attached hydrogens (tertiary/aromatic N) is 2. The highest BCUT2D eigenvalue weighted by atomic mass is 127. The summed E-state index contributed by atoms with van der Waals surface area (Å²) in [5.41, 5.74) is 2.29. The molecule has 0 bridgehead atoms. The Morgan fingerprint density at radius 2 is 1.34 bits per heavy atom. The molecule has 0 N–H and O–H groups in total.